The molecule has 1 saturated heterocycles. The van der Waals surface area contributed by atoms with Crippen LogP contribution in [0.2, 0.25) is 0 Å². The molecule has 114 valence electrons. The van der Waals surface area contributed by atoms with Crippen LogP contribution in [0.3, 0.4) is 0 Å². The van der Waals surface area contributed by atoms with E-state index in [1.54, 1.807) is 24.1 Å². The average Bonchev–Trinajstić information content (AvgIpc) is 3.16. The highest BCUT2D eigenvalue weighted by atomic mass is 16.5. The normalized spacial score (nSPS) is 17.6. The molecule has 1 aromatic heterocycles. The number of rotatable bonds is 4. The molecule has 0 saturated carbocycles. The third kappa shape index (κ3) is 2.62. The summed E-state index contributed by atoms with van der Waals surface area (Å²) in [7, 11) is 1.55. The number of nitrogens with one attached hydrogen (secondary N) is 2. The first kappa shape index (κ1) is 14.1. The Morgan fingerprint density at radius 1 is 1.45 bits per heavy atom. The van der Waals surface area contributed by atoms with E-state index >= 15 is 0 Å². The number of anilines is 2. The molecule has 1 fully saturated rings. The number of amides is 2. The van der Waals surface area contributed by atoms with E-state index in [4.69, 9.17) is 4.74 Å². The fraction of sp³-hybridized carbons (Fsp3) is 0.286. The van der Waals surface area contributed by atoms with Crippen molar-refractivity contribution in [2.24, 2.45) is 5.92 Å². The van der Waals surface area contributed by atoms with Gasteiger partial charge in [-0.2, -0.15) is 10.1 Å². The second kappa shape index (κ2) is 5.84. The number of aromatic amines is 1. The van der Waals surface area contributed by atoms with E-state index < -0.39 is 5.92 Å². The minimum Gasteiger partial charge on any atom is -0.495 e. The Bertz CT molecular complexity index is 686. The van der Waals surface area contributed by atoms with Gasteiger partial charge in [0, 0.05) is 13.0 Å². The molecular formula is C14H15N5O3. The lowest BCUT2D eigenvalue weighted by Gasteiger charge is -2.19. The quantitative estimate of drug-likeness (QED) is 0.870. The van der Waals surface area contributed by atoms with Gasteiger partial charge >= 0.3 is 0 Å². The van der Waals surface area contributed by atoms with E-state index in [0.29, 0.717) is 18.0 Å². The predicted octanol–water partition coefficient (Wildman–Crippen LogP) is 0.805. The van der Waals surface area contributed by atoms with E-state index in [2.05, 4.69) is 20.5 Å². The summed E-state index contributed by atoms with van der Waals surface area (Å²) in [6.07, 6.45) is 1.45. The maximum atomic E-state index is 12.2. The summed E-state index contributed by atoms with van der Waals surface area (Å²) in [5.74, 6) is 0.0626. The Morgan fingerprint density at radius 2 is 2.27 bits per heavy atom. The third-order valence-corrected chi connectivity index (χ3v) is 3.53. The maximum absolute atomic E-state index is 12.2. The van der Waals surface area contributed by atoms with Gasteiger partial charge in [0.05, 0.1) is 18.7 Å². The number of carbonyl (C=O) groups excluding carboxylic acids is 2. The van der Waals surface area contributed by atoms with Crippen LogP contribution in [0, 0.1) is 5.92 Å². The topological polar surface area (TPSA) is 100 Å². The molecule has 0 aliphatic carbocycles. The second-order valence-corrected chi connectivity index (χ2v) is 4.90. The summed E-state index contributed by atoms with van der Waals surface area (Å²) in [5, 5.41) is 8.82. The first-order valence-corrected chi connectivity index (χ1v) is 6.78. The Labute approximate surface area is 126 Å². The smallest absolute Gasteiger partial charge is 0.232 e. The van der Waals surface area contributed by atoms with Crippen LogP contribution in [0.15, 0.2) is 30.6 Å². The maximum Gasteiger partial charge on any atom is 0.232 e. The summed E-state index contributed by atoms with van der Waals surface area (Å²) in [6, 6.07) is 7.24. The number of aromatic nitrogens is 3. The van der Waals surface area contributed by atoms with Crippen molar-refractivity contribution in [2.75, 3.05) is 23.9 Å². The van der Waals surface area contributed by atoms with Crippen LogP contribution in [-0.2, 0) is 9.59 Å². The van der Waals surface area contributed by atoms with Gasteiger partial charge in [0.2, 0.25) is 17.8 Å². The Kier molecular flexibility index (Phi) is 3.73. The highest BCUT2D eigenvalue weighted by molar-refractivity contribution is 6.03. The number of methoxy groups -OCH3 is 1. The summed E-state index contributed by atoms with van der Waals surface area (Å²) in [6.45, 7) is 0.305. The fourth-order valence-corrected chi connectivity index (χ4v) is 2.45. The number of carbonyl (C=O) groups is 2. The third-order valence-electron chi connectivity index (χ3n) is 3.53. The lowest BCUT2D eigenvalue weighted by Crippen LogP contribution is -2.28. The molecule has 22 heavy (non-hydrogen) atoms. The van der Waals surface area contributed by atoms with Crippen LogP contribution in [0.5, 0.6) is 5.75 Å². The van der Waals surface area contributed by atoms with Crippen molar-refractivity contribution in [3.8, 4) is 5.75 Å². The zero-order valence-corrected chi connectivity index (χ0v) is 11.9. The molecule has 0 spiro atoms. The highest BCUT2D eigenvalue weighted by Gasteiger charge is 2.36. The van der Waals surface area contributed by atoms with Gasteiger partial charge in [-0.15, -0.1) is 0 Å². The van der Waals surface area contributed by atoms with Gasteiger partial charge < -0.3 is 9.64 Å². The Morgan fingerprint density at radius 3 is 3.00 bits per heavy atom. The molecule has 3 rings (SSSR count). The zero-order chi connectivity index (χ0) is 15.5. The van der Waals surface area contributed by atoms with Crippen molar-refractivity contribution in [2.45, 2.75) is 6.42 Å². The van der Waals surface area contributed by atoms with Gasteiger partial charge in [0.25, 0.3) is 0 Å². The summed E-state index contributed by atoms with van der Waals surface area (Å²) >= 11 is 0. The van der Waals surface area contributed by atoms with Crippen molar-refractivity contribution in [3.63, 3.8) is 0 Å². The molecule has 0 unspecified atom stereocenters. The lowest BCUT2D eigenvalue weighted by atomic mass is 10.1. The second-order valence-electron chi connectivity index (χ2n) is 4.90. The number of ether oxygens (including phenoxy) is 1. The van der Waals surface area contributed by atoms with Gasteiger partial charge in [0.15, 0.2) is 0 Å². The summed E-state index contributed by atoms with van der Waals surface area (Å²) < 4.78 is 5.27. The van der Waals surface area contributed by atoms with E-state index in [1.165, 1.54) is 6.33 Å². The Balaban J connectivity index is 1.74. The zero-order valence-electron chi connectivity index (χ0n) is 11.9. The SMILES string of the molecule is COc1ccccc1N1C[C@H](C(=O)Nc2ncn[nH]2)CC1=O. The monoisotopic (exact) mass is 301 g/mol. The molecule has 8 nitrogen and oxygen atoms in total. The molecule has 1 aliphatic rings. The van der Waals surface area contributed by atoms with E-state index in [9.17, 15) is 9.59 Å². The Hall–Kier alpha value is -2.90. The van der Waals surface area contributed by atoms with Crippen molar-refractivity contribution in [1.29, 1.82) is 0 Å². The summed E-state index contributed by atoms with van der Waals surface area (Å²) in [5.41, 5.74) is 0.671. The van der Waals surface area contributed by atoms with Crippen molar-refractivity contribution >= 4 is 23.5 Å². The highest BCUT2D eigenvalue weighted by Crippen LogP contribution is 2.32. The first-order chi connectivity index (χ1) is 10.7. The molecule has 0 radical (unpaired) electrons. The largest absolute Gasteiger partial charge is 0.495 e. The van der Waals surface area contributed by atoms with Gasteiger partial charge in [-0.05, 0) is 12.1 Å². The van der Waals surface area contributed by atoms with Crippen LogP contribution >= 0.6 is 0 Å². The molecule has 2 aromatic rings. The predicted molar refractivity (Wildman–Crippen MR) is 78.5 cm³/mol. The van der Waals surface area contributed by atoms with Crippen LogP contribution in [0.4, 0.5) is 11.6 Å². The molecule has 1 aliphatic heterocycles. The molecule has 1 aromatic carbocycles. The van der Waals surface area contributed by atoms with Gasteiger partial charge in [-0.1, -0.05) is 12.1 Å². The minimum absolute atomic E-state index is 0.109. The van der Waals surface area contributed by atoms with Gasteiger partial charge in [0.1, 0.15) is 12.1 Å². The molecule has 1 atom stereocenters. The van der Waals surface area contributed by atoms with Gasteiger partial charge in [-0.25, -0.2) is 5.10 Å². The van der Waals surface area contributed by atoms with Crippen LogP contribution in [-0.4, -0.2) is 40.7 Å². The number of hydrogen-bond donors (Lipinski definition) is 2. The van der Waals surface area contributed by atoms with Crippen LogP contribution in [0.1, 0.15) is 6.42 Å². The molecule has 8 heteroatoms. The number of hydrogen-bond acceptors (Lipinski definition) is 5. The van der Waals surface area contributed by atoms with Crippen LogP contribution < -0.4 is 15.0 Å². The lowest BCUT2D eigenvalue weighted by molar-refractivity contribution is -0.122. The first-order valence-electron chi connectivity index (χ1n) is 6.78. The molecule has 2 N–H and O–H groups in total. The van der Waals surface area contributed by atoms with E-state index in [0.717, 1.165) is 0 Å². The van der Waals surface area contributed by atoms with E-state index in [1.807, 2.05) is 12.1 Å². The number of para-hydroxylation sites is 2. The molecule has 0 bridgehead atoms. The minimum atomic E-state index is -0.442. The van der Waals surface area contributed by atoms with Crippen molar-refractivity contribution in [1.82, 2.24) is 15.2 Å². The molecular weight excluding hydrogens is 286 g/mol. The number of benzene rings is 1. The molecule has 2 heterocycles. The summed E-state index contributed by atoms with van der Waals surface area (Å²) in [4.78, 5) is 29.8. The van der Waals surface area contributed by atoms with Gasteiger partial charge in [-0.3, -0.25) is 14.9 Å². The average molecular weight is 301 g/mol. The molecule has 2 amide bonds. The van der Waals surface area contributed by atoms with Crippen molar-refractivity contribution in [3.05, 3.63) is 30.6 Å². The number of H-pyrrole nitrogens is 1. The standard InChI is InChI=1S/C14H15N5O3/c1-22-11-5-3-2-4-10(11)19-7-9(6-12(19)20)13(21)17-14-15-8-16-18-14/h2-5,8-9H,6-7H2,1H3,(H2,15,16,17,18,21)/t9-/m1/s1. The van der Waals surface area contributed by atoms with E-state index in [-0.39, 0.29) is 24.2 Å². The van der Waals surface area contributed by atoms with Crippen molar-refractivity contribution < 1.29 is 14.3 Å². The fourth-order valence-electron chi connectivity index (χ4n) is 2.45. The number of nitrogens with zero attached hydrogens (tertiary/aromatic N) is 3. The van der Waals surface area contributed by atoms with Crippen LogP contribution in [0.25, 0.3) is 0 Å².